The van der Waals surface area contributed by atoms with Gasteiger partial charge in [-0.2, -0.15) is 0 Å². The van der Waals surface area contributed by atoms with E-state index in [9.17, 15) is 0 Å². The van der Waals surface area contributed by atoms with E-state index < -0.39 is 12.6 Å². The second-order valence-electron chi connectivity index (χ2n) is 9.31. The SMILES string of the molecule is Cc1ccc(C(C)C)c(OCCOC2OCCOC2OCCOc2cc(C)ccc2C(C)C)c1. The topological polar surface area (TPSA) is 55.4 Å². The highest BCUT2D eigenvalue weighted by Crippen LogP contribution is 2.28. The summed E-state index contributed by atoms with van der Waals surface area (Å²) in [7, 11) is 0. The van der Waals surface area contributed by atoms with Gasteiger partial charge < -0.3 is 28.4 Å². The normalized spacial score (nSPS) is 18.5. The molecule has 0 N–H and O–H groups in total. The van der Waals surface area contributed by atoms with Gasteiger partial charge in [0.2, 0.25) is 12.6 Å². The van der Waals surface area contributed by atoms with Gasteiger partial charge in [-0.05, 0) is 60.1 Å². The molecule has 0 spiro atoms. The average molecular weight is 473 g/mol. The summed E-state index contributed by atoms with van der Waals surface area (Å²) in [6.07, 6.45) is -1.19. The lowest BCUT2D eigenvalue weighted by molar-refractivity contribution is -0.321. The van der Waals surface area contributed by atoms with Crippen LogP contribution in [0.5, 0.6) is 11.5 Å². The van der Waals surface area contributed by atoms with Crippen molar-refractivity contribution in [2.75, 3.05) is 39.6 Å². The van der Waals surface area contributed by atoms with Crippen molar-refractivity contribution in [3.8, 4) is 11.5 Å². The number of hydrogen-bond acceptors (Lipinski definition) is 6. The Hall–Kier alpha value is -2.12. The third-order valence-corrected chi connectivity index (χ3v) is 5.70. The Balaban J connectivity index is 1.44. The molecule has 2 unspecified atom stereocenters. The molecular formula is C28H40O6. The van der Waals surface area contributed by atoms with E-state index in [1.165, 1.54) is 22.3 Å². The lowest BCUT2D eigenvalue weighted by Crippen LogP contribution is -2.43. The molecule has 1 aliphatic rings. The van der Waals surface area contributed by atoms with Crippen LogP contribution in [0.1, 0.15) is 61.8 Å². The Labute approximate surface area is 204 Å². The summed E-state index contributed by atoms with van der Waals surface area (Å²) in [6, 6.07) is 12.6. The first kappa shape index (κ1) is 26.5. The fourth-order valence-electron chi connectivity index (χ4n) is 3.86. The van der Waals surface area contributed by atoms with Gasteiger partial charge in [0.25, 0.3) is 0 Å². The van der Waals surface area contributed by atoms with Crippen LogP contribution >= 0.6 is 0 Å². The summed E-state index contributed by atoms with van der Waals surface area (Å²) in [6.45, 7) is 15.3. The number of aryl methyl sites for hydroxylation is 2. The highest BCUT2D eigenvalue weighted by Gasteiger charge is 2.28. The monoisotopic (exact) mass is 472 g/mol. The van der Waals surface area contributed by atoms with Gasteiger partial charge in [0.05, 0.1) is 26.4 Å². The summed E-state index contributed by atoms with van der Waals surface area (Å²) in [5, 5.41) is 0. The molecule has 3 rings (SSSR count). The molecule has 6 nitrogen and oxygen atoms in total. The Bertz CT molecular complexity index is 821. The van der Waals surface area contributed by atoms with Gasteiger partial charge >= 0.3 is 0 Å². The van der Waals surface area contributed by atoms with Crippen molar-refractivity contribution in [1.82, 2.24) is 0 Å². The molecular weight excluding hydrogens is 432 g/mol. The third-order valence-electron chi connectivity index (χ3n) is 5.70. The molecule has 1 heterocycles. The van der Waals surface area contributed by atoms with Crippen molar-refractivity contribution < 1.29 is 28.4 Å². The van der Waals surface area contributed by atoms with Crippen LogP contribution in [-0.4, -0.2) is 52.2 Å². The van der Waals surface area contributed by atoms with E-state index in [0.717, 1.165) is 11.5 Å². The molecule has 0 bridgehead atoms. The molecule has 0 saturated carbocycles. The van der Waals surface area contributed by atoms with Crippen LogP contribution in [0.2, 0.25) is 0 Å². The predicted molar refractivity (Wildman–Crippen MR) is 133 cm³/mol. The number of ether oxygens (including phenoxy) is 6. The van der Waals surface area contributed by atoms with Crippen LogP contribution < -0.4 is 9.47 Å². The lowest BCUT2D eigenvalue weighted by atomic mass is 10.0. The highest BCUT2D eigenvalue weighted by atomic mass is 16.8. The molecule has 2 aromatic carbocycles. The van der Waals surface area contributed by atoms with Crippen LogP contribution in [0.3, 0.4) is 0 Å². The van der Waals surface area contributed by atoms with Crippen molar-refractivity contribution in [3.05, 3.63) is 58.7 Å². The maximum Gasteiger partial charge on any atom is 0.209 e. The van der Waals surface area contributed by atoms with Crippen molar-refractivity contribution in [1.29, 1.82) is 0 Å². The van der Waals surface area contributed by atoms with E-state index in [4.69, 9.17) is 28.4 Å². The molecule has 188 valence electrons. The first-order valence-electron chi connectivity index (χ1n) is 12.3. The molecule has 0 aromatic heterocycles. The zero-order valence-corrected chi connectivity index (χ0v) is 21.5. The molecule has 6 heteroatoms. The number of rotatable bonds is 12. The molecule has 2 atom stereocenters. The van der Waals surface area contributed by atoms with Gasteiger partial charge in [0, 0.05) is 0 Å². The van der Waals surface area contributed by atoms with Gasteiger partial charge in [0.15, 0.2) is 0 Å². The fourth-order valence-corrected chi connectivity index (χ4v) is 3.86. The maximum absolute atomic E-state index is 6.01. The van der Waals surface area contributed by atoms with Gasteiger partial charge in [0.1, 0.15) is 24.7 Å². The van der Waals surface area contributed by atoms with E-state index in [2.05, 4.69) is 77.9 Å². The Kier molecular flexibility index (Phi) is 10.2. The molecule has 2 aromatic rings. The number of hydrogen-bond donors (Lipinski definition) is 0. The van der Waals surface area contributed by atoms with Crippen LogP contribution in [0.4, 0.5) is 0 Å². The van der Waals surface area contributed by atoms with E-state index >= 15 is 0 Å². The zero-order valence-electron chi connectivity index (χ0n) is 21.5. The van der Waals surface area contributed by atoms with Crippen LogP contribution in [0, 0.1) is 13.8 Å². The van der Waals surface area contributed by atoms with Crippen molar-refractivity contribution in [2.45, 2.75) is 66.0 Å². The molecule has 0 radical (unpaired) electrons. The first-order valence-corrected chi connectivity index (χ1v) is 12.3. The molecule has 0 aliphatic carbocycles. The van der Waals surface area contributed by atoms with E-state index in [0.29, 0.717) is 51.5 Å². The van der Waals surface area contributed by atoms with Gasteiger partial charge in [-0.3, -0.25) is 0 Å². The van der Waals surface area contributed by atoms with E-state index in [-0.39, 0.29) is 0 Å². The van der Waals surface area contributed by atoms with Gasteiger partial charge in [-0.15, -0.1) is 0 Å². The van der Waals surface area contributed by atoms with E-state index in [1.54, 1.807) is 0 Å². The van der Waals surface area contributed by atoms with Crippen LogP contribution in [0.25, 0.3) is 0 Å². The summed E-state index contributed by atoms with van der Waals surface area (Å²) < 4.78 is 35.3. The molecule has 1 saturated heterocycles. The Morgan fingerprint density at radius 3 is 1.47 bits per heavy atom. The second kappa shape index (κ2) is 13.1. The van der Waals surface area contributed by atoms with Crippen LogP contribution in [-0.2, 0) is 18.9 Å². The lowest BCUT2D eigenvalue weighted by Gasteiger charge is -2.31. The van der Waals surface area contributed by atoms with Crippen molar-refractivity contribution in [2.24, 2.45) is 0 Å². The summed E-state index contributed by atoms with van der Waals surface area (Å²) in [4.78, 5) is 0. The predicted octanol–water partition coefficient (Wildman–Crippen LogP) is 5.74. The van der Waals surface area contributed by atoms with Crippen molar-refractivity contribution in [3.63, 3.8) is 0 Å². The smallest absolute Gasteiger partial charge is 0.209 e. The van der Waals surface area contributed by atoms with E-state index in [1.807, 2.05) is 0 Å². The largest absolute Gasteiger partial charge is 0.491 e. The molecule has 1 fully saturated rings. The molecule has 34 heavy (non-hydrogen) atoms. The van der Waals surface area contributed by atoms with Gasteiger partial charge in [-0.1, -0.05) is 52.0 Å². The molecule has 1 aliphatic heterocycles. The Morgan fingerprint density at radius 1 is 0.676 bits per heavy atom. The number of benzene rings is 2. The van der Waals surface area contributed by atoms with Gasteiger partial charge in [-0.25, -0.2) is 0 Å². The third kappa shape index (κ3) is 7.70. The van der Waals surface area contributed by atoms with Crippen LogP contribution in [0.15, 0.2) is 36.4 Å². The fraction of sp³-hybridized carbons (Fsp3) is 0.571. The average Bonchev–Trinajstić information content (AvgIpc) is 2.80. The standard InChI is InChI=1S/C28H40O6/c1-19(2)23-9-7-21(5)17-25(23)29-11-13-31-27-28(34-16-15-33-27)32-14-12-30-26-18-22(6)8-10-24(26)20(3)4/h7-10,17-20,27-28H,11-16H2,1-6H3. The quantitative estimate of drug-likeness (QED) is 0.367. The highest BCUT2D eigenvalue weighted by molar-refractivity contribution is 5.39. The minimum Gasteiger partial charge on any atom is -0.491 e. The first-order chi connectivity index (χ1) is 16.3. The Morgan fingerprint density at radius 2 is 1.09 bits per heavy atom. The maximum atomic E-state index is 6.01. The molecule has 0 amide bonds. The second-order valence-corrected chi connectivity index (χ2v) is 9.31. The summed E-state index contributed by atoms with van der Waals surface area (Å²) in [5.41, 5.74) is 4.73. The summed E-state index contributed by atoms with van der Waals surface area (Å²) >= 11 is 0. The minimum absolute atomic E-state index is 0.372. The minimum atomic E-state index is -0.593. The van der Waals surface area contributed by atoms with Crippen molar-refractivity contribution >= 4 is 0 Å². The summed E-state index contributed by atoms with van der Waals surface area (Å²) in [5.74, 6) is 2.59. The zero-order chi connectivity index (χ0) is 24.5.